The van der Waals surface area contributed by atoms with Crippen molar-refractivity contribution in [3.8, 4) is 11.5 Å². The number of nitrogens with one attached hydrogen (secondary N) is 1. The number of ether oxygens (including phenoxy) is 1. The van der Waals surface area contributed by atoms with Crippen molar-refractivity contribution >= 4 is 11.9 Å². The van der Waals surface area contributed by atoms with E-state index in [1.165, 1.54) is 42.0 Å². The second kappa shape index (κ2) is 16.4. The summed E-state index contributed by atoms with van der Waals surface area (Å²) < 4.78 is 4.81. The van der Waals surface area contributed by atoms with E-state index in [1.54, 1.807) is 6.07 Å². The fourth-order valence-corrected chi connectivity index (χ4v) is 3.66. The molecule has 0 bridgehead atoms. The average molecular weight is 498 g/mol. The molecule has 3 N–H and O–H groups in total. The van der Waals surface area contributed by atoms with Gasteiger partial charge >= 0.3 is 5.97 Å². The third-order valence-electron chi connectivity index (χ3n) is 5.81. The summed E-state index contributed by atoms with van der Waals surface area (Å²) >= 11 is 0. The van der Waals surface area contributed by atoms with Gasteiger partial charge in [-0.3, -0.25) is 4.79 Å². The molecule has 0 radical (unpaired) electrons. The van der Waals surface area contributed by atoms with Crippen molar-refractivity contribution in [3.05, 3.63) is 70.4 Å². The largest absolute Gasteiger partial charge is 0.504 e. The molecule has 0 aromatic heterocycles. The molecule has 0 spiro atoms. The molecule has 36 heavy (non-hydrogen) atoms. The van der Waals surface area contributed by atoms with Crippen LogP contribution in [-0.4, -0.2) is 35.2 Å². The fraction of sp³-hybridized carbons (Fsp3) is 0.467. The number of allylic oxidation sites excluding steroid dienone is 7. The van der Waals surface area contributed by atoms with Crippen molar-refractivity contribution in [1.29, 1.82) is 0 Å². The van der Waals surface area contributed by atoms with Gasteiger partial charge in [-0.25, -0.2) is 4.79 Å². The molecular formula is C30H43NO5. The van der Waals surface area contributed by atoms with E-state index >= 15 is 0 Å². The Hall–Kier alpha value is -3.28. The Kier molecular flexibility index (Phi) is 14.0. The normalized spacial score (nSPS) is 13.2. The SMILES string of the molecule is COC(=O)[C@H](Cc1ccc(O)c(O)c1)NC(=O)C=C(C)CCC=C(C)CCC=C(C)CCC=C(C)C. The number of benzene rings is 1. The molecule has 6 heteroatoms. The Morgan fingerprint density at radius 3 is 1.94 bits per heavy atom. The third kappa shape index (κ3) is 13.0. The van der Waals surface area contributed by atoms with Gasteiger partial charge in [0.2, 0.25) is 5.91 Å². The maximum absolute atomic E-state index is 12.5. The van der Waals surface area contributed by atoms with Gasteiger partial charge in [0.05, 0.1) is 7.11 Å². The number of methoxy groups -OCH3 is 1. The molecule has 1 amide bonds. The van der Waals surface area contributed by atoms with E-state index in [2.05, 4.69) is 51.2 Å². The van der Waals surface area contributed by atoms with Crippen LogP contribution in [0.15, 0.2) is 64.8 Å². The lowest BCUT2D eigenvalue weighted by atomic mass is 10.0. The van der Waals surface area contributed by atoms with Gasteiger partial charge in [-0.15, -0.1) is 0 Å². The number of hydrogen-bond donors (Lipinski definition) is 3. The minimum Gasteiger partial charge on any atom is -0.504 e. The topological polar surface area (TPSA) is 95.9 Å². The van der Waals surface area contributed by atoms with Crippen molar-refractivity contribution in [3.63, 3.8) is 0 Å². The van der Waals surface area contributed by atoms with E-state index in [-0.39, 0.29) is 23.8 Å². The van der Waals surface area contributed by atoms with Crippen LogP contribution in [-0.2, 0) is 20.7 Å². The first-order chi connectivity index (χ1) is 17.0. The summed E-state index contributed by atoms with van der Waals surface area (Å²) in [6.07, 6.45) is 14.3. The highest BCUT2D eigenvalue weighted by Gasteiger charge is 2.21. The molecule has 0 aliphatic rings. The molecule has 6 nitrogen and oxygen atoms in total. The van der Waals surface area contributed by atoms with Crippen LogP contribution in [0.2, 0.25) is 0 Å². The minimum absolute atomic E-state index is 0.129. The highest BCUT2D eigenvalue weighted by atomic mass is 16.5. The van der Waals surface area contributed by atoms with Crippen molar-refractivity contribution < 1.29 is 24.5 Å². The fourth-order valence-electron chi connectivity index (χ4n) is 3.66. The Labute approximate surface area is 216 Å². The monoisotopic (exact) mass is 497 g/mol. The van der Waals surface area contributed by atoms with Crippen LogP contribution < -0.4 is 5.32 Å². The predicted molar refractivity (Wildman–Crippen MR) is 146 cm³/mol. The van der Waals surface area contributed by atoms with Crippen LogP contribution in [0.5, 0.6) is 11.5 Å². The van der Waals surface area contributed by atoms with Gasteiger partial charge in [0.25, 0.3) is 0 Å². The highest BCUT2D eigenvalue weighted by molar-refractivity contribution is 5.92. The van der Waals surface area contributed by atoms with Gasteiger partial charge in [0.1, 0.15) is 6.04 Å². The van der Waals surface area contributed by atoms with E-state index in [1.807, 2.05) is 6.92 Å². The molecule has 1 aromatic rings. The molecule has 0 saturated heterocycles. The van der Waals surface area contributed by atoms with Crippen molar-refractivity contribution in [2.24, 2.45) is 0 Å². The second-order valence-electron chi connectivity index (χ2n) is 9.60. The van der Waals surface area contributed by atoms with Crippen LogP contribution in [0.1, 0.15) is 78.7 Å². The number of carbonyl (C=O) groups is 2. The van der Waals surface area contributed by atoms with E-state index in [4.69, 9.17) is 4.74 Å². The zero-order valence-corrected chi connectivity index (χ0v) is 22.7. The average Bonchev–Trinajstić information content (AvgIpc) is 2.80. The molecule has 1 aromatic carbocycles. The predicted octanol–water partition coefficient (Wildman–Crippen LogP) is 6.44. The summed E-state index contributed by atoms with van der Waals surface area (Å²) in [6.45, 7) is 10.5. The maximum Gasteiger partial charge on any atom is 0.328 e. The molecule has 0 aliphatic carbocycles. The molecule has 0 fully saturated rings. The number of amides is 1. The number of esters is 1. The summed E-state index contributed by atoms with van der Waals surface area (Å²) in [5, 5.41) is 21.8. The number of phenols is 2. The summed E-state index contributed by atoms with van der Waals surface area (Å²) in [5.41, 5.74) is 5.63. The number of aromatic hydroxyl groups is 2. The van der Waals surface area contributed by atoms with Crippen molar-refractivity contribution in [2.45, 2.75) is 85.6 Å². The number of phenolic OH excluding ortho intramolecular Hbond substituents is 2. The first-order valence-corrected chi connectivity index (χ1v) is 12.5. The molecule has 0 saturated carbocycles. The van der Waals surface area contributed by atoms with Gasteiger partial charge in [-0.05, 0) is 90.8 Å². The number of rotatable bonds is 14. The Bertz CT molecular complexity index is 997. The highest BCUT2D eigenvalue weighted by Crippen LogP contribution is 2.25. The lowest BCUT2D eigenvalue weighted by molar-refractivity contribution is -0.144. The van der Waals surface area contributed by atoms with Gasteiger partial charge in [-0.1, -0.05) is 46.6 Å². The Morgan fingerprint density at radius 2 is 1.42 bits per heavy atom. The quantitative estimate of drug-likeness (QED) is 0.119. The Balaban J connectivity index is 2.55. The van der Waals surface area contributed by atoms with Gasteiger partial charge in [0, 0.05) is 12.5 Å². The number of hydrogen-bond acceptors (Lipinski definition) is 5. The second-order valence-corrected chi connectivity index (χ2v) is 9.60. The van der Waals surface area contributed by atoms with Gasteiger partial charge in [-0.2, -0.15) is 0 Å². The van der Waals surface area contributed by atoms with Crippen LogP contribution in [0.25, 0.3) is 0 Å². The lowest BCUT2D eigenvalue weighted by Gasteiger charge is -2.16. The zero-order valence-electron chi connectivity index (χ0n) is 22.7. The minimum atomic E-state index is -0.906. The van der Waals surface area contributed by atoms with Gasteiger partial charge < -0.3 is 20.3 Å². The lowest BCUT2D eigenvalue weighted by Crippen LogP contribution is -2.42. The van der Waals surface area contributed by atoms with Crippen LogP contribution in [0, 0.1) is 0 Å². The van der Waals surface area contributed by atoms with Crippen molar-refractivity contribution in [2.75, 3.05) is 7.11 Å². The smallest absolute Gasteiger partial charge is 0.328 e. The van der Waals surface area contributed by atoms with E-state index in [0.717, 1.165) is 44.1 Å². The van der Waals surface area contributed by atoms with E-state index < -0.39 is 12.0 Å². The first kappa shape index (κ1) is 30.8. The number of carbonyl (C=O) groups excluding carboxylic acids is 2. The molecule has 0 heterocycles. The Morgan fingerprint density at radius 1 is 0.861 bits per heavy atom. The van der Waals surface area contributed by atoms with E-state index in [9.17, 15) is 19.8 Å². The summed E-state index contributed by atoms with van der Waals surface area (Å²) in [4.78, 5) is 24.7. The molecule has 1 rings (SSSR count). The molecule has 1 atom stereocenters. The van der Waals surface area contributed by atoms with Crippen LogP contribution in [0.4, 0.5) is 0 Å². The molecule has 198 valence electrons. The molecule has 0 aliphatic heterocycles. The standard InChI is InChI=1S/C30H43NO5/c1-21(2)10-7-11-22(3)12-8-13-23(4)14-9-15-24(5)18-29(34)31-26(30(35)36-6)19-25-16-17-27(32)28(33)20-25/h10,12,14,16-18,20,26,32-33H,7-9,11,13,15,19H2,1-6H3,(H,31,34)/t26-/m0/s1. The maximum atomic E-state index is 12.5. The van der Waals surface area contributed by atoms with Gasteiger partial charge in [0.15, 0.2) is 11.5 Å². The third-order valence-corrected chi connectivity index (χ3v) is 5.81. The first-order valence-electron chi connectivity index (χ1n) is 12.5. The molecule has 0 unspecified atom stereocenters. The molecular weight excluding hydrogens is 454 g/mol. The van der Waals surface area contributed by atoms with Crippen LogP contribution in [0.3, 0.4) is 0 Å². The summed E-state index contributed by atoms with van der Waals surface area (Å²) in [6, 6.07) is 3.36. The summed E-state index contributed by atoms with van der Waals surface area (Å²) in [5.74, 6) is -1.49. The zero-order chi connectivity index (χ0) is 27.1. The van der Waals surface area contributed by atoms with E-state index in [0.29, 0.717) is 5.56 Å². The van der Waals surface area contributed by atoms with Crippen molar-refractivity contribution in [1.82, 2.24) is 5.32 Å². The summed E-state index contributed by atoms with van der Waals surface area (Å²) in [7, 11) is 1.26. The van der Waals surface area contributed by atoms with Crippen LogP contribution >= 0.6 is 0 Å².